The lowest BCUT2D eigenvalue weighted by Crippen LogP contribution is -2.50. The van der Waals surface area contributed by atoms with Crippen LogP contribution in [0.5, 0.6) is 0 Å². The molecular weight excluding hydrogens is 459 g/mol. The summed E-state index contributed by atoms with van der Waals surface area (Å²) in [6, 6.07) is 4.63. The zero-order valence-corrected chi connectivity index (χ0v) is 19.7. The van der Waals surface area contributed by atoms with Crippen molar-refractivity contribution < 1.29 is 18.0 Å². The van der Waals surface area contributed by atoms with Crippen LogP contribution in [0.3, 0.4) is 0 Å². The molecule has 0 spiro atoms. The smallest absolute Gasteiger partial charge is 0.350 e. The summed E-state index contributed by atoms with van der Waals surface area (Å²) in [5, 5.41) is 3.78. The van der Waals surface area contributed by atoms with Crippen molar-refractivity contribution in [3.05, 3.63) is 29.8 Å². The molecule has 6 rings (SSSR count). The summed E-state index contributed by atoms with van der Waals surface area (Å²) >= 11 is 1.73. The highest BCUT2D eigenvalue weighted by Gasteiger charge is 2.51. The topological polar surface area (TPSA) is 44.7 Å². The van der Waals surface area contributed by atoms with Gasteiger partial charge in [0.1, 0.15) is 0 Å². The number of nitrogens with one attached hydrogen (secondary N) is 1. The molecule has 176 valence electrons. The number of hydrogen-bond donors (Lipinski definition) is 1. The van der Waals surface area contributed by atoms with Crippen LogP contribution in [0.25, 0.3) is 0 Å². The minimum Gasteiger partial charge on any atom is -0.350 e. The SMILES string of the molecule is CN1C(=NC23CC4CC(CC(C4)C2)C3)SCC1CC(=O)Nc1ccc(C(F)(F)F)cc1.Cl. The number of nitrogens with zero attached hydrogens (tertiary/aromatic N) is 2. The molecule has 4 aliphatic carbocycles. The van der Waals surface area contributed by atoms with Crippen molar-refractivity contribution in [1.82, 2.24) is 4.90 Å². The Kier molecular flexibility index (Phi) is 6.49. The number of carbonyl (C=O) groups is 1. The Morgan fingerprint density at radius 2 is 1.69 bits per heavy atom. The molecule has 0 aromatic heterocycles. The van der Waals surface area contributed by atoms with Crippen molar-refractivity contribution in [1.29, 1.82) is 0 Å². The zero-order valence-electron chi connectivity index (χ0n) is 18.0. The summed E-state index contributed by atoms with van der Waals surface area (Å²) in [6.45, 7) is 0. The number of amides is 1. The van der Waals surface area contributed by atoms with E-state index in [1.807, 2.05) is 7.05 Å². The second-order valence-corrected chi connectivity index (χ2v) is 10.9. The molecule has 4 bridgehead atoms. The van der Waals surface area contributed by atoms with Crippen LogP contribution in [-0.4, -0.2) is 40.4 Å². The van der Waals surface area contributed by atoms with Gasteiger partial charge in [0.15, 0.2) is 5.17 Å². The Bertz CT molecular complexity index is 854. The van der Waals surface area contributed by atoms with E-state index in [-0.39, 0.29) is 29.9 Å². The van der Waals surface area contributed by atoms with Crippen molar-refractivity contribution in [2.45, 2.75) is 62.7 Å². The standard InChI is InChI=1S/C23H28F3N3OS.ClH/c1-29-19(9-20(30)27-18-4-2-17(3-5-18)23(24,25)26)13-31-21(29)28-22-10-14-6-15(11-22)8-16(7-14)12-22;/h2-5,14-16,19H,6-13H2,1H3,(H,27,30);1H. The predicted octanol–water partition coefficient (Wildman–Crippen LogP) is 5.83. The van der Waals surface area contributed by atoms with Crippen LogP contribution in [0.1, 0.15) is 50.5 Å². The van der Waals surface area contributed by atoms with Gasteiger partial charge in [0.2, 0.25) is 5.91 Å². The monoisotopic (exact) mass is 487 g/mol. The predicted molar refractivity (Wildman–Crippen MR) is 124 cm³/mol. The highest BCUT2D eigenvalue weighted by Crippen LogP contribution is 2.57. The fourth-order valence-electron chi connectivity index (χ4n) is 6.42. The van der Waals surface area contributed by atoms with Crippen LogP contribution in [-0.2, 0) is 11.0 Å². The number of anilines is 1. The average Bonchev–Trinajstić information content (AvgIpc) is 2.99. The first-order valence-corrected chi connectivity index (χ1v) is 12.1. The zero-order chi connectivity index (χ0) is 21.8. The van der Waals surface area contributed by atoms with Gasteiger partial charge in [0, 0.05) is 31.0 Å². The lowest BCUT2D eigenvalue weighted by Gasteiger charge is -2.55. The number of amidine groups is 1. The van der Waals surface area contributed by atoms with Crippen LogP contribution in [0.4, 0.5) is 18.9 Å². The van der Waals surface area contributed by atoms with Gasteiger partial charge in [-0.3, -0.25) is 9.79 Å². The van der Waals surface area contributed by atoms with E-state index in [2.05, 4.69) is 10.2 Å². The van der Waals surface area contributed by atoms with E-state index in [4.69, 9.17) is 4.99 Å². The number of halogens is 4. The maximum Gasteiger partial charge on any atom is 0.416 e. The molecule has 32 heavy (non-hydrogen) atoms. The van der Waals surface area contributed by atoms with E-state index >= 15 is 0 Å². The highest BCUT2D eigenvalue weighted by molar-refractivity contribution is 8.14. The Balaban J connectivity index is 0.00000245. The van der Waals surface area contributed by atoms with Gasteiger partial charge in [-0.1, -0.05) is 11.8 Å². The second kappa shape index (κ2) is 8.75. The van der Waals surface area contributed by atoms with Crippen molar-refractivity contribution >= 4 is 40.9 Å². The Hall–Kier alpha value is -1.41. The molecule has 1 atom stereocenters. The Morgan fingerprint density at radius 3 is 2.22 bits per heavy atom. The lowest BCUT2D eigenvalue weighted by atomic mass is 9.53. The van der Waals surface area contributed by atoms with Crippen LogP contribution in [0.2, 0.25) is 0 Å². The molecular formula is C23H29ClF3N3OS. The van der Waals surface area contributed by atoms with Crippen LogP contribution in [0, 0.1) is 17.8 Å². The summed E-state index contributed by atoms with van der Waals surface area (Å²) in [4.78, 5) is 19.9. The van der Waals surface area contributed by atoms with Crippen LogP contribution >= 0.6 is 24.2 Å². The van der Waals surface area contributed by atoms with E-state index in [9.17, 15) is 18.0 Å². The number of thioether (sulfide) groups is 1. The van der Waals surface area contributed by atoms with Crippen LogP contribution < -0.4 is 5.32 Å². The van der Waals surface area contributed by atoms with Gasteiger partial charge in [-0.05, 0) is 80.5 Å². The normalized spacial score (nSPS) is 34.6. The van der Waals surface area contributed by atoms with Gasteiger partial charge < -0.3 is 10.2 Å². The Morgan fingerprint density at radius 1 is 1.12 bits per heavy atom. The summed E-state index contributed by atoms with van der Waals surface area (Å²) in [5.74, 6) is 3.16. The van der Waals surface area contributed by atoms with Gasteiger partial charge >= 0.3 is 6.18 Å². The molecule has 1 heterocycles. The molecule has 5 aliphatic rings. The first-order chi connectivity index (χ1) is 14.7. The minimum atomic E-state index is -4.38. The van der Waals surface area contributed by atoms with E-state index in [1.54, 1.807) is 11.8 Å². The first kappa shape index (κ1) is 23.7. The summed E-state index contributed by atoms with van der Waals surface area (Å²) < 4.78 is 38.1. The molecule has 1 aromatic rings. The van der Waals surface area contributed by atoms with Gasteiger partial charge in [-0.2, -0.15) is 13.2 Å². The third kappa shape index (κ3) is 4.76. The average molecular weight is 488 g/mol. The number of carbonyl (C=O) groups excluding carboxylic acids is 1. The number of hydrogen-bond acceptors (Lipinski definition) is 3. The fraction of sp³-hybridized carbons (Fsp3) is 0.652. The van der Waals surface area contributed by atoms with Gasteiger partial charge in [-0.25, -0.2) is 0 Å². The van der Waals surface area contributed by atoms with Crippen molar-refractivity contribution in [3.63, 3.8) is 0 Å². The molecule has 0 radical (unpaired) electrons. The molecule has 1 aromatic carbocycles. The molecule has 1 saturated heterocycles. The maximum atomic E-state index is 12.7. The largest absolute Gasteiger partial charge is 0.416 e. The maximum absolute atomic E-state index is 12.7. The number of benzene rings is 1. The second-order valence-electron chi connectivity index (χ2n) is 9.94. The van der Waals surface area contributed by atoms with E-state index in [0.717, 1.165) is 40.8 Å². The number of aliphatic imine (C=N–C) groups is 1. The molecule has 4 saturated carbocycles. The number of rotatable bonds is 4. The molecule has 4 nitrogen and oxygen atoms in total. The summed E-state index contributed by atoms with van der Waals surface area (Å²) in [7, 11) is 2.01. The van der Waals surface area contributed by atoms with Gasteiger partial charge in [-0.15, -0.1) is 12.4 Å². The van der Waals surface area contributed by atoms with Gasteiger partial charge in [0.25, 0.3) is 0 Å². The summed E-state index contributed by atoms with van der Waals surface area (Å²) in [6.07, 6.45) is 3.74. The number of alkyl halides is 3. The van der Waals surface area contributed by atoms with E-state index in [0.29, 0.717) is 12.1 Å². The Labute approximate surface area is 197 Å². The third-order valence-corrected chi connectivity index (χ3v) is 8.70. The molecule has 1 N–H and O–H groups in total. The molecule has 9 heteroatoms. The van der Waals surface area contributed by atoms with E-state index in [1.165, 1.54) is 50.7 Å². The van der Waals surface area contributed by atoms with Crippen molar-refractivity contribution in [2.75, 3.05) is 18.1 Å². The van der Waals surface area contributed by atoms with Gasteiger partial charge in [0.05, 0.1) is 11.1 Å². The minimum absolute atomic E-state index is 0. The first-order valence-electron chi connectivity index (χ1n) is 11.1. The lowest BCUT2D eigenvalue weighted by molar-refractivity contribution is -0.137. The van der Waals surface area contributed by atoms with Crippen LogP contribution in [0.15, 0.2) is 29.3 Å². The molecule has 1 unspecified atom stereocenters. The van der Waals surface area contributed by atoms with E-state index < -0.39 is 11.7 Å². The summed E-state index contributed by atoms with van der Waals surface area (Å²) in [5.41, 5.74) is -0.223. The molecule has 1 aliphatic heterocycles. The van der Waals surface area contributed by atoms with Crippen molar-refractivity contribution in [2.24, 2.45) is 22.7 Å². The molecule has 1 amide bonds. The third-order valence-electron chi connectivity index (χ3n) is 7.51. The van der Waals surface area contributed by atoms with Crippen molar-refractivity contribution in [3.8, 4) is 0 Å². The quantitative estimate of drug-likeness (QED) is 0.581. The fourth-order valence-corrected chi connectivity index (χ4v) is 7.71. The molecule has 5 fully saturated rings. The highest BCUT2D eigenvalue weighted by atomic mass is 35.5.